The van der Waals surface area contributed by atoms with Gasteiger partial charge in [-0.25, -0.2) is 0 Å². The normalized spacial score (nSPS) is 10.7. The SMILES string of the molecule is C=CCN(CC=C)Cc1cc(=O)c(O)cn1CCOC. The molecule has 1 aromatic rings. The molecule has 1 rings (SSSR count). The van der Waals surface area contributed by atoms with E-state index in [1.165, 1.54) is 12.3 Å². The Morgan fingerprint density at radius 2 is 2.05 bits per heavy atom. The van der Waals surface area contributed by atoms with Crippen molar-refractivity contribution >= 4 is 0 Å². The molecule has 0 unspecified atom stereocenters. The number of nitrogens with zero attached hydrogens (tertiary/aromatic N) is 2. The van der Waals surface area contributed by atoms with Crippen molar-refractivity contribution in [1.29, 1.82) is 0 Å². The third-order valence-electron chi connectivity index (χ3n) is 2.89. The highest BCUT2D eigenvalue weighted by atomic mass is 16.5. The van der Waals surface area contributed by atoms with Gasteiger partial charge in [0.2, 0.25) is 5.43 Å². The second-order valence-electron chi connectivity index (χ2n) is 4.47. The van der Waals surface area contributed by atoms with Gasteiger partial charge in [-0.1, -0.05) is 12.2 Å². The standard InChI is InChI=1S/C15H22N2O3/c1-4-6-16(7-5-2)11-13-10-14(18)15(19)12-17(13)8-9-20-3/h4-5,10,12,19H,1-2,6-9,11H2,3H3. The van der Waals surface area contributed by atoms with E-state index in [2.05, 4.69) is 18.1 Å². The lowest BCUT2D eigenvalue weighted by atomic mass is 10.2. The van der Waals surface area contributed by atoms with Gasteiger partial charge in [-0.2, -0.15) is 0 Å². The number of methoxy groups -OCH3 is 1. The first kappa shape index (κ1) is 16.2. The molecular formula is C15H22N2O3. The summed E-state index contributed by atoms with van der Waals surface area (Å²) in [6, 6.07) is 1.46. The minimum absolute atomic E-state index is 0.246. The van der Waals surface area contributed by atoms with E-state index in [0.29, 0.717) is 32.8 Å². The van der Waals surface area contributed by atoms with Crippen LogP contribution in [0.5, 0.6) is 5.75 Å². The van der Waals surface area contributed by atoms with Crippen LogP contribution in [0.4, 0.5) is 0 Å². The Bertz CT molecular complexity index is 498. The molecule has 1 N–H and O–H groups in total. The monoisotopic (exact) mass is 278 g/mol. The molecule has 0 aliphatic carbocycles. The molecule has 0 amide bonds. The number of rotatable bonds is 9. The molecule has 0 radical (unpaired) electrons. The smallest absolute Gasteiger partial charge is 0.223 e. The lowest BCUT2D eigenvalue weighted by Crippen LogP contribution is -2.27. The van der Waals surface area contributed by atoms with Gasteiger partial charge in [-0.05, 0) is 0 Å². The molecule has 5 heteroatoms. The van der Waals surface area contributed by atoms with Crippen molar-refractivity contribution in [2.75, 3.05) is 26.8 Å². The van der Waals surface area contributed by atoms with Crippen molar-refractivity contribution in [3.8, 4) is 5.75 Å². The molecule has 0 spiro atoms. The Morgan fingerprint density at radius 3 is 2.60 bits per heavy atom. The summed E-state index contributed by atoms with van der Waals surface area (Å²) in [7, 11) is 1.61. The summed E-state index contributed by atoms with van der Waals surface area (Å²) >= 11 is 0. The molecule has 20 heavy (non-hydrogen) atoms. The van der Waals surface area contributed by atoms with E-state index in [4.69, 9.17) is 4.74 Å². The zero-order valence-electron chi connectivity index (χ0n) is 11.9. The summed E-state index contributed by atoms with van der Waals surface area (Å²) in [4.78, 5) is 13.7. The second-order valence-corrected chi connectivity index (χ2v) is 4.47. The number of hydrogen-bond donors (Lipinski definition) is 1. The minimum Gasteiger partial charge on any atom is -0.503 e. The van der Waals surface area contributed by atoms with E-state index in [1.54, 1.807) is 7.11 Å². The summed E-state index contributed by atoms with van der Waals surface area (Å²) in [5, 5.41) is 9.54. The molecule has 110 valence electrons. The Morgan fingerprint density at radius 1 is 1.40 bits per heavy atom. The van der Waals surface area contributed by atoms with Crippen LogP contribution in [0.15, 0.2) is 42.4 Å². The van der Waals surface area contributed by atoms with Gasteiger partial charge in [0, 0.05) is 45.0 Å². The second kappa shape index (κ2) is 8.35. The highest BCUT2D eigenvalue weighted by Gasteiger charge is 2.09. The summed E-state index contributed by atoms with van der Waals surface area (Å²) < 4.78 is 6.88. The zero-order chi connectivity index (χ0) is 15.0. The van der Waals surface area contributed by atoms with Crippen LogP contribution in [0.2, 0.25) is 0 Å². The summed E-state index contributed by atoms with van der Waals surface area (Å²) in [5.41, 5.74) is 0.458. The highest BCUT2D eigenvalue weighted by Crippen LogP contribution is 2.08. The molecule has 0 aromatic carbocycles. The van der Waals surface area contributed by atoms with Gasteiger partial charge >= 0.3 is 0 Å². The third-order valence-corrected chi connectivity index (χ3v) is 2.89. The molecule has 0 saturated heterocycles. The van der Waals surface area contributed by atoms with E-state index in [0.717, 1.165) is 5.69 Å². The Balaban J connectivity index is 3.00. The van der Waals surface area contributed by atoms with Crippen molar-refractivity contribution in [3.63, 3.8) is 0 Å². The first-order chi connectivity index (χ1) is 9.62. The number of aromatic hydroxyl groups is 1. The van der Waals surface area contributed by atoms with Crippen LogP contribution >= 0.6 is 0 Å². The van der Waals surface area contributed by atoms with Crippen molar-refractivity contribution < 1.29 is 9.84 Å². The summed E-state index contributed by atoms with van der Waals surface area (Å²) in [6.07, 6.45) is 5.07. The van der Waals surface area contributed by atoms with Crippen LogP contribution in [0.1, 0.15) is 5.69 Å². The Hall–Kier alpha value is -1.85. The van der Waals surface area contributed by atoms with E-state index < -0.39 is 0 Å². The van der Waals surface area contributed by atoms with Crippen molar-refractivity contribution in [1.82, 2.24) is 9.47 Å². The third kappa shape index (κ3) is 4.68. The maximum Gasteiger partial charge on any atom is 0.223 e. The summed E-state index contributed by atoms with van der Waals surface area (Å²) in [6.45, 7) is 10.5. The van der Waals surface area contributed by atoms with Gasteiger partial charge < -0.3 is 14.4 Å². The Labute approximate surface area is 119 Å². The molecule has 0 atom stereocenters. The first-order valence-electron chi connectivity index (χ1n) is 6.47. The fourth-order valence-electron chi connectivity index (χ4n) is 1.93. The maximum absolute atomic E-state index is 11.6. The fraction of sp³-hybridized carbons (Fsp3) is 0.400. The van der Waals surface area contributed by atoms with E-state index in [1.807, 2.05) is 16.7 Å². The highest BCUT2D eigenvalue weighted by molar-refractivity contribution is 5.20. The van der Waals surface area contributed by atoms with Crippen LogP contribution in [0.3, 0.4) is 0 Å². The van der Waals surface area contributed by atoms with Crippen LogP contribution in [0, 0.1) is 0 Å². The van der Waals surface area contributed by atoms with Gasteiger partial charge in [0.25, 0.3) is 0 Å². The molecule has 0 bridgehead atoms. The topological polar surface area (TPSA) is 54.7 Å². The number of hydrogen-bond acceptors (Lipinski definition) is 4. The van der Waals surface area contributed by atoms with Crippen LogP contribution in [0.25, 0.3) is 0 Å². The predicted octanol–water partition coefficient (Wildman–Crippen LogP) is 1.37. The first-order valence-corrected chi connectivity index (χ1v) is 6.47. The van der Waals surface area contributed by atoms with Gasteiger partial charge in [-0.15, -0.1) is 13.2 Å². The zero-order valence-corrected chi connectivity index (χ0v) is 11.9. The molecule has 0 aliphatic rings. The average molecular weight is 278 g/mol. The molecule has 0 saturated carbocycles. The largest absolute Gasteiger partial charge is 0.503 e. The van der Waals surface area contributed by atoms with Crippen LogP contribution in [-0.2, 0) is 17.8 Å². The fourth-order valence-corrected chi connectivity index (χ4v) is 1.93. The average Bonchev–Trinajstić information content (AvgIpc) is 2.41. The van der Waals surface area contributed by atoms with Crippen LogP contribution in [-0.4, -0.2) is 41.4 Å². The number of aromatic nitrogens is 1. The van der Waals surface area contributed by atoms with Gasteiger partial charge in [-0.3, -0.25) is 9.69 Å². The number of ether oxygens (including phenoxy) is 1. The number of pyridine rings is 1. The summed E-state index contributed by atoms with van der Waals surface area (Å²) in [5.74, 6) is -0.246. The van der Waals surface area contributed by atoms with E-state index in [9.17, 15) is 9.90 Å². The maximum atomic E-state index is 11.6. The van der Waals surface area contributed by atoms with Crippen molar-refractivity contribution in [3.05, 3.63) is 53.5 Å². The molecule has 1 aromatic heterocycles. The quantitative estimate of drug-likeness (QED) is 0.693. The molecule has 5 nitrogen and oxygen atoms in total. The van der Waals surface area contributed by atoms with Crippen molar-refractivity contribution in [2.45, 2.75) is 13.1 Å². The van der Waals surface area contributed by atoms with E-state index in [-0.39, 0.29) is 11.2 Å². The van der Waals surface area contributed by atoms with Gasteiger partial charge in [0.05, 0.1) is 12.8 Å². The molecule has 0 aliphatic heterocycles. The minimum atomic E-state index is -0.370. The predicted molar refractivity (Wildman–Crippen MR) is 79.9 cm³/mol. The Kier molecular flexibility index (Phi) is 6.76. The van der Waals surface area contributed by atoms with Crippen LogP contribution < -0.4 is 5.43 Å². The van der Waals surface area contributed by atoms with Crippen molar-refractivity contribution in [2.24, 2.45) is 0 Å². The van der Waals surface area contributed by atoms with E-state index >= 15 is 0 Å². The molecular weight excluding hydrogens is 256 g/mol. The van der Waals surface area contributed by atoms with Gasteiger partial charge in [0.1, 0.15) is 0 Å². The molecule has 1 heterocycles. The lowest BCUT2D eigenvalue weighted by molar-refractivity contribution is 0.184. The van der Waals surface area contributed by atoms with Gasteiger partial charge in [0.15, 0.2) is 5.75 Å². The lowest BCUT2D eigenvalue weighted by Gasteiger charge is -2.21. The molecule has 0 fully saturated rings.